The fourth-order valence-corrected chi connectivity index (χ4v) is 4.12. The first kappa shape index (κ1) is 16.5. The molecule has 1 aliphatic heterocycles. The highest BCUT2D eigenvalue weighted by Gasteiger charge is 2.51. The van der Waals surface area contributed by atoms with Crippen molar-refractivity contribution >= 4 is 22.7 Å². The van der Waals surface area contributed by atoms with Gasteiger partial charge in [-0.15, -0.1) is 6.58 Å². The lowest BCUT2D eigenvalue weighted by Gasteiger charge is -2.19. The van der Waals surface area contributed by atoms with Gasteiger partial charge in [-0.1, -0.05) is 57.4 Å². The average molecular weight is 282 g/mol. The summed E-state index contributed by atoms with van der Waals surface area (Å²) in [5, 5.41) is -0.0998. The van der Waals surface area contributed by atoms with E-state index in [1.54, 1.807) is 13.0 Å². The largest absolute Gasteiger partial charge is 0.297 e. The van der Waals surface area contributed by atoms with Gasteiger partial charge >= 0.3 is 0 Å². The minimum Gasteiger partial charge on any atom is -0.297 e. The molecule has 1 heterocycles. The third-order valence-electron chi connectivity index (χ3n) is 4.01. The van der Waals surface area contributed by atoms with E-state index in [9.17, 15) is 9.59 Å². The fourth-order valence-electron chi connectivity index (χ4n) is 2.62. The molecule has 0 amide bonds. The van der Waals surface area contributed by atoms with Gasteiger partial charge in [-0.3, -0.25) is 9.59 Å². The maximum absolute atomic E-state index is 12.4. The van der Waals surface area contributed by atoms with Crippen LogP contribution in [0.3, 0.4) is 0 Å². The fraction of sp³-hybridized carbons (Fsp3) is 0.750. The predicted molar refractivity (Wildman–Crippen MR) is 82.2 cm³/mol. The Bertz CT molecular complexity index is 351. The van der Waals surface area contributed by atoms with E-state index in [2.05, 4.69) is 20.4 Å². The van der Waals surface area contributed by atoms with Crippen molar-refractivity contribution in [1.82, 2.24) is 0 Å². The lowest BCUT2D eigenvalue weighted by atomic mass is 9.81. The molecule has 0 saturated carbocycles. The minimum atomic E-state index is -0.819. The molecule has 0 spiro atoms. The Kier molecular flexibility index (Phi) is 6.31. The van der Waals surface area contributed by atoms with Crippen LogP contribution in [0.1, 0.15) is 59.3 Å². The first-order valence-electron chi connectivity index (χ1n) is 7.32. The summed E-state index contributed by atoms with van der Waals surface area (Å²) in [6.07, 6.45) is 7.85. The molecule has 0 aromatic carbocycles. The normalized spacial score (nSPS) is 28.7. The molecule has 0 aromatic heterocycles. The van der Waals surface area contributed by atoms with E-state index in [-0.39, 0.29) is 16.1 Å². The molecule has 1 fully saturated rings. The monoisotopic (exact) mass is 282 g/mol. The molecule has 3 heteroatoms. The predicted octanol–water partition coefficient (Wildman–Crippen LogP) is 4.39. The molecular formula is C16H26O2S. The molecule has 2 nitrogen and oxygen atoms in total. The van der Waals surface area contributed by atoms with Crippen LogP contribution in [0.25, 0.3) is 0 Å². The maximum atomic E-state index is 12.4. The molecule has 3 atom stereocenters. The van der Waals surface area contributed by atoms with E-state index >= 15 is 0 Å². The zero-order valence-corrected chi connectivity index (χ0v) is 13.2. The van der Waals surface area contributed by atoms with E-state index < -0.39 is 5.41 Å². The third kappa shape index (κ3) is 3.95. The molecule has 108 valence electrons. The summed E-state index contributed by atoms with van der Waals surface area (Å²) in [7, 11) is 0. The second kappa shape index (κ2) is 7.28. The van der Waals surface area contributed by atoms with Crippen molar-refractivity contribution in [1.29, 1.82) is 0 Å². The van der Waals surface area contributed by atoms with Crippen LogP contribution in [0.4, 0.5) is 0 Å². The van der Waals surface area contributed by atoms with E-state index in [0.29, 0.717) is 12.3 Å². The summed E-state index contributed by atoms with van der Waals surface area (Å²) in [4.78, 5) is 24.4. The summed E-state index contributed by atoms with van der Waals surface area (Å²) in [6, 6.07) is 0. The average Bonchev–Trinajstić information content (AvgIpc) is 2.55. The van der Waals surface area contributed by atoms with Gasteiger partial charge in [0.2, 0.25) is 5.12 Å². The molecule has 1 aliphatic rings. The van der Waals surface area contributed by atoms with Crippen molar-refractivity contribution in [3.8, 4) is 0 Å². The molecule has 0 radical (unpaired) electrons. The summed E-state index contributed by atoms with van der Waals surface area (Å²) in [6.45, 7) is 9.82. The molecule has 1 saturated heterocycles. The standard InChI is InChI=1S/C16H26O2S/c1-5-7-8-9-12(3)11-13-14(17)16(4,10-6-2)15(18)19-13/h6,12-13H,2,5,7-11H2,1,3-4H3. The third-order valence-corrected chi connectivity index (χ3v) is 5.36. The number of unbranched alkanes of at least 4 members (excludes halogenated alkanes) is 2. The number of carbonyl (C=O) groups excluding carboxylic acids is 2. The Balaban J connectivity index is 2.55. The van der Waals surface area contributed by atoms with E-state index in [1.165, 1.54) is 31.0 Å². The summed E-state index contributed by atoms with van der Waals surface area (Å²) >= 11 is 1.25. The molecular weight excluding hydrogens is 256 g/mol. The van der Waals surface area contributed by atoms with Gasteiger partial charge in [-0.25, -0.2) is 0 Å². The van der Waals surface area contributed by atoms with Crippen molar-refractivity contribution in [3.63, 3.8) is 0 Å². The number of carbonyl (C=O) groups is 2. The molecule has 0 bridgehead atoms. The topological polar surface area (TPSA) is 34.1 Å². The van der Waals surface area contributed by atoms with Crippen molar-refractivity contribution < 1.29 is 9.59 Å². The van der Waals surface area contributed by atoms with Crippen LogP contribution in [-0.2, 0) is 9.59 Å². The smallest absolute Gasteiger partial charge is 0.203 e. The van der Waals surface area contributed by atoms with Crippen LogP contribution in [0.5, 0.6) is 0 Å². The van der Waals surface area contributed by atoms with Crippen LogP contribution in [0, 0.1) is 11.3 Å². The minimum absolute atomic E-state index is 0.0307. The van der Waals surface area contributed by atoms with Gasteiger partial charge in [0.1, 0.15) is 0 Å². The highest BCUT2D eigenvalue weighted by molar-refractivity contribution is 8.15. The van der Waals surface area contributed by atoms with E-state index in [1.807, 2.05) is 0 Å². The summed E-state index contributed by atoms with van der Waals surface area (Å²) in [5.41, 5.74) is -0.819. The number of ketones is 1. The zero-order chi connectivity index (χ0) is 14.5. The number of hydrogen-bond acceptors (Lipinski definition) is 3. The van der Waals surface area contributed by atoms with Crippen LogP contribution >= 0.6 is 11.8 Å². The van der Waals surface area contributed by atoms with Crippen molar-refractivity contribution in [2.24, 2.45) is 11.3 Å². The highest BCUT2D eigenvalue weighted by Crippen LogP contribution is 2.44. The van der Waals surface area contributed by atoms with Gasteiger partial charge in [0, 0.05) is 0 Å². The first-order chi connectivity index (χ1) is 8.95. The van der Waals surface area contributed by atoms with E-state index in [0.717, 1.165) is 12.8 Å². The zero-order valence-electron chi connectivity index (χ0n) is 12.4. The Morgan fingerprint density at radius 1 is 1.42 bits per heavy atom. The Morgan fingerprint density at radius 3 is 2.68 bits per heavy atom. The lowest BCUT2D eigenvalue weighted by molar-refractivity contribution is -0.132. The number of hydrogen-bond donors (Lipinski definition) is 0. The molecule has 1 rings (SSSR count). The maximum Gasteiger partial charge on any atom is 0.203 e. The first-order valence-corrected chi connectivity index (χ1v) is 8.20. The molecule has 3 unspecified atom stereocenters. The molecule has 0 N–H and O–H groups in total. The highest BCUT2D eigenvalue weighted by atomic mass is 32.2. The summed E-state index contributed by atoms with van der Waals surface area (Å²) in [5.74, 6) is 0.636. The van der Waals surface area contributed by atoms with Gasteiger partial charge in [-0.05, 0) is 25.7 Å². The Hall–Kier alpha value is -0.570. The molecule has 0 aliphatic carbocycles. The molecule has 0 aromatic rings. The van der Waals surface area contributed by atoms with Crippen LogP contribution in [0.2, 0.25) is 0 Å². The van der Waals surface area contributed by atoms with Gasteiger partial charge in [0.05, 0.1) is 10.7 Å². The van der Waals surface area contributed by atoms with Gasteiger partial charge in [-0.2, -0.15) is 0 Å². The summed E-state index contributed by atoms with van der Waals surface area (Å²) < 4.78 is 0. The van der Waals surface area contributed by atoms with E-state index in [4.69, 9.17) is 0 Å². The molecule has 19 heavy (non-hydrogen) atoms. The quantitative estimate of drug-likeness (QED) is 0.376. The van der Waals surface area contributed by atoms with Crippen LogP contribution < -0.4 is 0 Å². The van der Waals surface area contributed by atoms with Crippen molar-refractivity contribution in [2.45, 2.75) is 64.5 Å². The Labute approximate surface area is 121 Å². The number of allylic oxidation sites excluding steroid dienone is 1. The second-order valence-electron chi connectivity index (χ2n) is 5.92. The lowest BCUT2D eigenvalue weighted by Crippen LogP contribution is -2.32. The Morgan fingerprint density at radius 2 is 2.11 bits per heavy atom. The second-order valence-corrected chi connectivity index (χ2v) is 7.10. The van der Waals surface area contributed by atoms with Crippen molar-refractivity contribution in [3.05, 3.63) is 12.7 Å². The number of thioether (sulfide) groups is 1. The van der Waals surface area contributed by atoms with Crippen LogP contribution in [-0.4, -0.2) is 16.1 Å². The van der Waals surface area contributed by atoms with Crippen molar-refractivity contribution in [2.75, 3.05) is 0 Å². The van der Waals surface area contributed by atoms with Gasteiger partial charge in [0.15, 0.2) is 5.78 Å². The number of Topliss-reactive ketones (excluding diaryl/α,β-unsaturated/α-hetero) is 1. The SMILES string of the molecule is C=CCC1(C)C(=O)SC(CC(C)CCCCC)C1=O. The van der Waals surface area contributed by atoms with Crippen LogP contribution in [0.15, 0.2) is 12.7 Å². The number of rotatable bonds is 8. The van der Waals surface area contributed by atoms with Gasteiger partial charge < -0.3 is 0 Å². The van der Waals surface area contributed by atoms with Gasteiger partial charge in [0.25, 0.3) is 0 Å².